The number of amides is 2. The molecule has 0 aliphatic carbocycles. The van der Waals surface area contributed by atoms with E-state index in [4.69, 9.17) is 16.8 Å². The van der Waals surface area contributed by atoms with Gasteiger partial charge in [0.1, 0.15) is 5.92 Å². The molecular weight excluding hydrogens is 176 g/mol. The Hall–Kier alpha value is -1.18. The second kappa shape index (κ2) is 5.46. The molecule has 0 radical (unpaired) electrons. The Bertz CT molecular complexity index is 178. The first-order valence-electron chi connectivity index (χ1n) is 3.71. The SMILES string of the molecule is C[C@H](O)CC(C(=O)NN)C(=O)NN. The van der Waals surface area contributed by atoms with Crippen molar-refractivity contribution in [2.24, 2.45) is 17.6 Å². The maximum atomic E-state index is 11.0. The summed E-state index contributed by atoms with van der Waals surface area (Å²) in [6.07, 6.45) is -0.800. The van der Waals surface area contributed by atoms with Crippen LogP contribution in [0.1, 0.15) is 13.3 Å². The number of carbonyl (C=O) groups excluding carboxylic acids is 2. The highest BCUT2D eigenvalue weighted by atomic mass is 16.3. The number of carbonyl (C=O) groups is 2. The van der Waals surface area contributed by atoms with E-state index in [2.05, 4.69) is 0 Å². The zero-order valence-electron chi connectivity index (χ0n) is 7.28. The molecule has 0 aromatic heterocycles. The minimum atomic E-state index is -1.06. The van der Waals surface area contributed by atoms with Crippen LogP contribution in [0.4, 0.5) is 0 Å². The number of nitrogens with two attached hydrogens (primary N) is 2. The number of hydrazine groups is 2. The molecule has 7 N–H and O–H groups in total. The van der Waals surface area contributed by atoms with Gasteiger partial charge in [-0.25, -0.2) is 11.7 Å². The van der Waals surface area contributed by atoms with E-state index >= 15 is 0 Å². The van der Waals surface area contributed by atoms with E-state index in [0.29, 0.717) is 0 Å². The second-order valence-electron chi connectivity index (χ2n) is 2.65. The van der Waals surface area contributed by atoms with Gasteiger partial charge >= 0.3 is 0 Å². The van der Waals surface area contributed by atoms with Crippen molar-refractivity contribution in [3.8, 4) is 0 Å². The third-order valence-corrected chi connectivity index (χ3v) is 1.49. The topological polar surface area (TPSA) is 130 Å². The fraction of sp³-hybridized carbons (Fsp3) is 0.667. The van der Waals surface area contributed by atoms with Gasteiger partial charge < -0.3 is 5.11 Å². The number of aliphatic hydroxyl groups excluding tert-OH is 1. The van der Waals surface area contributed by atoms with E-state index in [-0.39, 0.29) is 6.42 Å². The van der Waals surface area contributed by atoms with E-state index in [1.807, 2.05) is 10.9 Å². The highest BCUT2D eigenvalue weighted by Crippen LogP contribution is 2.06. The Labute approximate surface area is 75.4 Å². The van der Waals surface area contributed by atoms with Gasteiger partial charge in [-0.15, -0.1) is 0 Å². The van der Waals surface area contributed by atoms with Gasteiger partial charge in [-0.2, -0.15) is 0 Å². The van der Waals surface area contributed by atoms with E-state index in [1.165, 1.54) is 6.92 Å². The Morgan fingerprint density at radius 1 is 1.31 bits per heavy atom. The lowest BCUT2D eigenvalue weighted by Crippen LogP contribution is -2.46. The lowest BCUT2D eigenvalue weighted by Gasteiger charge is -2.14. The number of hydrogen-bond acceptors (Lipinski definition) is 5. The van der Waals surface area contributed by atoms with Crippen molar-refractivity contribution >= 4 is 11.8 Å². The molecule has 0 bridgehead atoms. The molecule has 7 nitrogen and oxygen atoms in total. The summed E-state index contributed by atoms with van der Waals surface area (Å²) in [4.78, 5) is 22.0. The molecule has 2 amide bonds. The monoisotopic (exact) mass is 190 g/mol. The van der Waals surface area contributed by atoms with Gasteiger partial charge in [-0.05, 0) is 13.3 Å². The minimum absolute atomic E-state index is 0.0218. The van der Waals surface area contributed by atoms with Crippen LogP contribution >= 0.6 is 0 Å². The molecule has 76 valence electrons. The van der Waals surface area contributed by atoms with E-state index in [9.17, 15) is 9.59 Å². The fourth-order valence-electron chi connectivity index (χ4n) is 0.875. The normalized spacial score (nSPS) is 12.4. The van der Waals surface area contributed by atoms with Gasteiger partial charge in [-0.3, -0.25) is 20.4 Å². The fourth-order valence-corrected chi connectivity index (χ4v) is 0.875. The molecule has 0 unspecified atom stereocenters. The van der Waals surface area contributed by atoms with Crippen LogP contribution in [-0.4, -0.2) is 23.0 Å². The van der Waals surface area contributed by atoms with Crippen LogP contribution in [0.15, 0.2) is 0 Å². The van der Waals surface area contributed by atoms with E-state index in [1.54, 1.807) is 0 Å². The molecule has 0 aromatic rings. The summed E-state index contributed by atoms with van der Waals surface area (Å²) in [6, 6.07) is 0. The minimum Gasteiger partial charge on any atom is -0.393 e. The van der Waals surface area contributed by atoms with Gasteiger partial charge in [0.25, 0.3) is 0 Å². The average Bonchev–Trinajstić information content (AvgIpc) is 2.11. The van der Waals surface area contributed by atoms with Crippen LogP contribution in [0.5, 0.6) is 0 Å². The number of aliphatic hydroxyl groups is 1. The van der Waals surface area contributed by atoms with Crippen molar-refractivity contribution in [3.63, 3.8) is 0 Å². The van der Waals surface area contributed by atoms with Gasteiger partial charge in [0, 0.05) is 0 Å². The quantitative estimate of drug-likeness (QED) is 0.143. The lowest BCUT2D eigenvalue weighted by molar-refractivity contribution is -0.136. The van der Waals surface area contributed by atoms with Crippen molar-refractivity contribution in [2.75, 3.05) is 0 Å². The van der Waals surface area contributed by atoms with Gasteiger partial charge in [0.15, 0.2) is 0 Å². The summed E-state index contributed by atoms with van der Waals surface area (Å²) in [7, 11) is 0. The maximum absolute atomic E-state index is 11.0. The van der Waals surface area contributed by atoms with Gasteiger partial charge in [-0.1, -0.05) is 0 Å². The highest BCUT2D eigenvalue weighted by molar-refractivity contribution is 5.99. The van der Waals surface area contributed by atoms with Crippen LogP contribution in [0, 0.1) is 5.92 Å². The third kappa shape index (κ3) is 3.83. The Morgan fingerprint density at radius 2 is 1.69 bits per heavy atom. The molecule has 13 heavy (non-hydrogen) atoms. The Morgan fingerprint density at radius 3 is 1.92 bits per heavy atom. The average molecular weight is 190 g/mol. The first-order valence-corrected chi connectivity index (χ1v) is 3.71. The van der Waals surface area contributed by atoms with Crippen molar-refractivity contribution in [3.05, 3.63) is 0 Å². The molecule has 0 heterocycles. The standard InChI is InChI=1S/C6H14N4O3/c1-3(11)2-4(5(12)9-7)6(13)10-8/h3-4,11H,2,7-8H2,1H3,(H,9,12)(H,10,13)/t3-/m0/s1. The summed E-state index contributed by atoms with van der Waals surface area (Å²) in [6.45, 7) is 1.46. The summed E-state index contributed by atoms with van der Waals surface area (Å²) >= 11 is 0. The van der Waals surface area contributed by atoms with Crippen LogP contribution in [-0.2, 0) is 9.59 Å². The summed E-state index contributed by atoms with van der Waals surface area (Å²) in [5.41, 5.74) is 3.64. The summed E-state index contributed by atoms with van der Waals surface area (Å²) < 4.78 is 0. The summed E-state index contributed by atoms with van der Waals surface area (Å²) in [5.74, 6) is 7.26. The van der Waals surface area contributed by atoms with E-state index < -0.39 is 23.8 Å². The van der Waals surface area contributed by atoms with Gasteiger partial charge in [0.2, 0.25) is 11.8 Å². The molecule has 0 saturated carbocycles. The second-order valence-corrected chi connectivity index (χ2v) is 2.65. The number of rotatable bonds is 4. The van der Waals surface area contributed by atoms with Crippen LogP contribution in [0.25, 0.3) is 0 Å². The predicted molar refractivity (Wildman–Crippen MR) is 44.4 cm³/mol. The molecule has 0 saturated heterocycles. The molecule has 7 heteroatoms. The summed E-state index contributed by atoms with van der Waals surface area (Å²) in [5, 5.41) is 8.97. The van der Waals surface area contributed by atoms with Crippen LogP contribution in [0.3, 0.4) is 0 Å². The molecule has 1 atom stereocenters. The van der Waals surface area contributed by atoms with Crippen molar-refractivity contribution in [1.82, 2.24) is 10.9 Å². The molecule has 0 aromatic carbocycles. The number of nitrogens with one attached hydrogen (secondary N) is 2. The largest absolute Gasteiger partial charge is 0.393 e. The molecule has 0 aliphatic heterocycles. The smallest absolute Gasteiger partial charge is 0.246 e. The number of hydrogen-bond donors (Lipinski definition) is 5. The first-order chi connectivity index (χ1) is 6.02. The molecule has 0 rings (SSSR count). The third-order valence-electron chi connectivity index (χ3n) is 1.49. The maximum Gasteiger partial charge on any atom is 0.246 e. The molecule has 0 spiro atoms. The zero-order chi connectivity index (χ0) is 10.4. The van der Waals surface area contributed by atoms with Crippen LogP contribution in [0.2, 0.25) is 0 Å². The highest BCUT2D eigenvalue weighted by Gasteiger charge is 2.26. The predicted octanol–water partition coefficient (Wildman–Crippen LogP) is -2.65. The van der Waals surface area contributed by atoms with Crippen molar-refractivity contribution in [2.45, 2.75) is 19.4 Å². The lowest BCUT2D eigenvalue weighted by atomic mass is 10.0. The molecule has 0 fully saturated rings. The van der Waals surface area contributed by atoms with Crippen LogP contribution < -0.4 is 22.5 Å². The zero-order valence-corrected chi connectivity index (χ0v) is 7.28. The van der Waals surface area contributed by atoms with Crippen molar-refractivity contribution < 1.29 is 14.7 Å². The molecular formula is C6H14N4O3. The van der Waals surface area contributed by atoms with E-state index in [0.717, 1.165) is 0 Å². The Kier molecular flexibility index (Phi) is 4.97. The van der Waals surface area contributed by atoms with Gasteiger partial charge in [0.05, 0.1) is 6.10 Å². The Balaban J connectivity index is 4.36. The van der Waals surface area contributed by atoms with Crippen molar-refractivity contribution in [1.29, 1.82) is 0 Å². The first kappa shape index (κ1) is 11.8. The molecule has 0 aliphatic rings.